The highest BCUT2D eigenvalue weighted by molar-refractivity contribution is 8.13. The van der Waals surface area contributed by atoms with E-state index in [1.807, 2.05) is 0 Å². The molecule has 0 aromatic carbocycles. The SMILES string of the molecule is NC(=O)SCCCCCSC(N)=O. The molecule has 2 amide bonds. The van der Waals surface area contributed by atoms with Gasteiger partial charge in [-0.25, -0.2) is 0 Å². The molecule has 0 heterocycles. The van der Waals surface area contributed by atoms with Gasteiger partial charge in [0.1, 0.15) is 0 Å². The average Bonchev–Trinajstić information content (AvgIpc) is 2.01. The van der Waals surface area contributed by atoms with Gasteiger partial charge in [0.25, 0.3) is 10.5 Å². The molecule has 0 unspecified atom stereocenters. The monoisotopic (exact) mass is 222 g/mol. The highest BCUT2D eigenvalue weighted by Gasteiger charge is 1.96. The molecule has 0 fully saturated rings. The van der Waals surface area contributed by atoms with E-state index in [0.717, 1.165) is 54.3 Å². The molecular weight excluding hydrogens is 208 g/mol. The van der Waals surface area contributed by atoms with Crippen LogP contribution in [0.3, 0.4) is 0 Å². The molecule has 0 spiro atoms. The summed E-state index contributed by atoms with van der Waals surface area (Å²) in [7, 11) is 0. The second-order valence-corrected chi connectivity index (χ2v) is 4.59. The Kier molecular flexibility index (Phi) is 8.02. The van der Waals surface area contributed by atoms with E-state index in [2.05, 4.69) is 0 Å². The number of amides is 2. The first kappa shape index (κ1) is 12.6. The van der Waals surface area contributed by atoms with Crippen LogP contribution >= 0.6 is 23.5 Å². The Hall–Kier alpha value is -0.360. The van der Waals surface area contributed by atoms with Crippen molar-refractivity contribution >= 4 is 34.0 Å². The molecule has 0 radical (unpaired) electrons. The van der Waals surface area contributed by atoms with E-state index < -0.39 is 0 Å². The molecule has 0 aliphatic carbocycles. The van der Waals surface area contributed by atoms with Gasteiger partial charge in [0, 0.05) is 11.5 Å². The van der Waals surface area contributed by atoms with Crippen LogP contribution in [0, 0.1) is 0 Å². The maximum absolute atomic E-state index is 10.3. The van der Waals surface area contributed by atoms with Crippen LogP contribution in [0.25, 0.3) is 0 Å². The highest BCUT2D eigenvalue weighted by Crippen LogP contribution is 2.09. The fourth-order valence-corrected chi connectivity index (χ4v) is 1.83. The van der Waals surface area contributed by atoms with E-state index in [1.165, 1.54) is 0 Å². The smallest absolute Gasteiger partial charge is 0.276 e. The molecule has 0 aromatic rings. The lowest BCUT2D eigenvalue weighted by Crippen LogP contribution is -2.04. The summed E-state index contributed by atoms with van der Waals surface area (Å²) in [6.45, 7) is 0. The Morgan fingerprint density at radius 2 is 1.23 bits per heavy atom. The quantitative estimate of drug-likeness (QED) is 0.671. The summed E-state index contributed by atoms with van der Waals surface area (Å²) in [5.41, 5.74) is 9.86. The second kappa shape index (κ2) is 8.25. The minimum Gasteiger partial charge on any atom is -0.361 e. The van der Waals surface area contributed by atoms with Crippen LogP contribution in [0.5, 0.6) is 0 Å². The number of nitrogens with two attached hydrogens (primary N) is 2. The van der Waals surface area contributed by atoms with Crippen LogP contribution in [0.4, 0.5) is 9.59 Å². The van der Waals surface area contributed by atoms with Crippen LogP contribution in [-0.4, -0.2) is 22.0 Å². The Balaban J connectivity index is 3.00. The maximum atomic E-state index is 10.3. The maximum Gasteiger partial charge on any atom is 0.276 e. The third-order valence-electron chi connectivity index (χ3n) is 1.28. The summed E-state index contributed by atoms with van der Waals surface area (Å²) < 4.78 is 0. The van der Waals surface area contributed by atoms with E-state index in [-0.39, 0.29) is 10.5 Å². The summed E-state index contributed by atoms with van der Waals surface area (Å²) in [5.74, 6) is 1.52. The largest absolute Gasteiger partial charge is 0.361 e. The van der Waals surface area contributed by atoms with Crippen molar-refractivity contribution in [3.63, 3.8) is 0 Å². The van der Waals surface area contributed by atoms with Crippen LogP contribution in [0.15, 0.2) is 0 Å². The van der Waals surface area contributed by atoms with Gasteiger partial charge in [-0.15, -0.1) is 0 Å². The van der Waals surface area contributed by atoms with E-state index in [0.29, 0.717) is 0 Å². The number of carbonyl (C=O) groups excluding carboxylic acids is 2. The molecule has 0 aliphatic heterocycles. The Labute approximate surface area is 86.2 Å². The zero-order valence-electron chi connectivity index (χ0n) is 7.32. The van der Waals surface area contributed by atoms with Gasteiger partial charge in [-0.1, -0.05) is 29.9 Å². The van der Waals surface area contributed by atoms with Gasteiger partial charge in [0.05, 0.1) is 0 Å². The van der Waals surface area contributed by atoms with Gasteiger partial charge in [0.15, 0.2) is 0 Å². The van der Waals surface area contributed by atoms with Crippen molar-refractivity contribution in [3.8, 4) is 0 Å². The standard InChI is InChI=1S/C7H14N2O2S2/c8-6(10)12-4-2-1-3-5-13-7(9)11/h1-5H2,(H2,8,10)(H2,9,11). The zero-order valence-corrected chi connectivity index (χ0v) is 8.96. The molecule has 0 saturated carbocycles. The van der Waals surface area contributed by atoms with Crippen molar-refractivity contribution in [2.45, 2.75) is 19.3 Å². The molecule has 0 atom stereocenters. The molecule has 4 N–H and O–H groups in total. The van der Waals surface area contributed by atoms with Crippen molar-refractivity contribution in [1.29, 1.82) is 0 Å². The Bertz CT molecular complexity index is 158. The van der Waals surface area contributed by atoms with Gasteiger partial charge in [0.2, 0.25) is 0 Å². The minimum absolute atomic E-state index is 0.327. The van der Waals surface area contributed by atoms with Gasteiger partial charge < -0.3 is 11.5 Å². The van der Waals surface area contributed by atoms with E-state index in [1.54, 1.807) is 0 Å². The van der Waals surface area contributed by atoms with Gasteiger partial charge in [-0.3, -0.25) is 9.59 Å². The molecule has 0 aliphatic rings. The van der Waals surface area contributed by atoms with Crippen molar-refractivity contribution in [2.75, 3.05) is 11.5 Å². The third-order valence-corrected chi connectivity index (χ3v) is 2.83. The molecule has 76 valence electrons. The molecule has 0 saturated heterocycles. The normalized spacial score (nSPS) is 9.85. The first-order valence-electron chi connectivity index (χ1n) is 3.97. The predicted octanol–water partition coefficient (Wildman–Crippen LogP) is 1.78. The summed E-state index contributed by atoms with van der Waals surface area (Å²) in [5, 5.41) is -0.655. The van der Waals surface area contributed by atoms with Crippen molar-refractivity contribution in [3.05, 3.63) is 0 Å². The predicted molar refractivity (Wildman–Crippen MR) is 57.9 cm³/mol. The number of carbonyl (C=O) groups is 2. The zero-order chi connectivity index (χ0) is 10.1. The summed E-state index contributed by atoms with van der Waals surface area (Å²) in [4.78, 5) is 20.6. The van der Waals surface area contributed by atoms with E-state index >= 15 is 0 Å². The van der Waals surface area contributed by atoms with Crippen LogP contribution < -0.4 is 11.5 Å². The lowest BCUT2D eigenvalue weighted by atomic mass is 10.3. The molecule has 0 aromatic heterocycles. The highest BCUT2D eigenvalue weighted by atomic mass is 32.2. The van der Waals surface area contributed by atoms with Gasteiger partial charge >= 0.3 is 0 Å². The summed E-state index contributed by atoms with van der Waals surface area (Å²) in [6, 6.07) is 0. The van der Waals surface area contributed by atoms with Crippen molar-refractivity contribution < 1.29 is 9.59 Å². The molecule has 13 heavy (non-hydrogen) atoms. The van der Waals surface area contributed by atoms with Crippen LogP contribution in [0.1, 0.15) is 19.3 Å². The fourth-order valence-electron chi connectivity index (χ4n) is 0.726. The Morgan fingerprint density at radius 1 is 0.846 bits per heavy atom. The molecule has 0 bridgehead atoms. The second-order valence-electron chi connectivity index (χ2n) is 2.40. The third kappa shape index (κ3) is 11.6. The van der Waals surface area contributed by atoms with Crippen LogP contribution in [0.2, 0.25) is 0 Å². The number of unbranched alkanes of at least 4 members (excludes halogenated alkanes) is 2. The first-order chi connectivity index (χ1) is 6.13. The lowest BCUT2D eigenvalue weighted by molar-refractivity contribution is 0.266. The lowest BCUT2D eigenvalue weighted by Gasteiger charge is -1.97. The van der Waals surface area contributed by atoms with E-state index in [4.69, 9.17) is 11.5 Å². The Morgan fingerprint density at radius 3 is 1.54 bits per heavy atom. The number of hydrogen-bond donors (Lipinski definition) is 2. The molecule has 4 nitrogen and oxygen atoms in total. The number of primary amides is 2. The van der Waals surface area contributed by atoms with Gasteiger partial charge in [-0.2, -0.15) is 0 Å². The molecule has 0 rings (SSSR count). The number of hydrogen-bond acceptors (Lipinski definition) is 4. The van der Waals surface area contributed by atoms with Crippen molar-refractivity contribution in [2.24, 2.45) is 11.5 Å². The first-order valence-corrected chi connectivity index (χ1v) is 5.94. The van der Waals surface area contributed by atoms with Crippen molar-refractivity contribution in [1.82, 2.24) is 0 Å². The average molecular weight is 222 g/mol. The van der Waals surface area contributed by atoms with Gasteiger partial charge in [-0.05, 0) is 12.8 Å². The number of thioether (sulfide) groups is 2. The fraction of sp³-hybridized carbons (Fsp3) is 0.714. The minimum atomic E-state index is -0.327. The summed E-state index contributed by atoms with van der Waals surface area (Å²) >= 11 is 2.27. The molecule has 6 heteroatoms. The topological polar surface area (TPSA) is 86.2 Å². The molecular formula is C7H14N2O2S2. The summed E-state index contributed by atoms with van der Waals surface area (Å²) in [6.07, 6.45) is 2.90. The van der Waals surface area contributed by atoms with Crippen LogP contribution in [-0.2, 0) is 0 Å². The van der Waals surface area contributed by atoms with E-state index in [9.17, 15) is 9.59 Å². The number of rotatable bonds is 6.